The second-order valence-electron chi connectivity index (χ2n) is 3.16. The van der Waals surface area contributed by atoms with Crippen molar-refractivity contribution in [2.45, 2.75) is 13.5 Å². The molecule has 0 bridgehead atoms. The van der Waals surface area contributed by atoms with E-state index in [4.69, 9.17) is 5.11 Å². The van der Waals surface area contributed by atoms with Crippen molar-refractivity contribution in [3.63, 3.8) is 0 Å². The molecule has 0 fully saturated rings. The smallest absolute Gasteiger partial charge is 0.387 e. The lowest BCUT2D eigenvalue weighted by Gasteiger charge is -2.10. The Labute approximate surface area is 95.1 Å². The summed E-state index contributed by atoms with van der Waals surface area (Å²) in [6.45, 7) is -1.73. The lowest BCUT2D eigenvalue weighted by atomic mass is 10.1. The van der Waals surface area contributed by atoms with Gasteiger partial charge in [-0.1, -0.05) is 12.1 Å². The molecular formula is C11H9F3O3. The summed E-state index contributed by atoms with van der Waals surface area (Å²) in [6, 6.07) is 2.64. The molecule has 0 aliphatic rings. The van der Waals surface area contributed by atoms with Crippen molar-refractivity contribution in [3.05, 3.63) is 35.2 Å². The third kappa shape index (κ3) is 3.51. The molecule has 0 radical (unpaired) electrons. The molecule has 17 heavy (non-hydrogen) atoms. The van der Waals surface area contributed by atoms with Gasteiger partial charge in [-0.05, 0) is 18.6 Å². The molecule has 1 rings (SSSR count). The van der Waals surface area contributed by atoms with Crippen LogP contribution in [0.1, 0.15) is 11.1 Å². The summed E-state index contributed by atoms with van der Waals surface area (Å²) in [7, 11) is 0. The van der Waals surface area contributed by atoms with E-state index in [9.17, 15) is 18.0 Å². The van der Waals surface area contributed by atoms with Gasteiger partial charge in [-0.2, -0.15) is 8.78 Å². The van der Waals surface area contributed by atoms with Gasteiger partial charge in [0.05, 0.1) is 0 Å². The number of aryl methyl sites for hydroxylation is 1. The van der Waals surface area contributed by atoms with Crippen LogP contribution in [0.25, 0.3) is 6.08 Å². The van der Waals surface area contributed by atoms with Gasteiger partial charge in [0.15, 0.2) is 11.6 Å². The van der Waals surface area contributed by atoms with Crippen molar-refractivity contribution < 1.29 is 27.8 Å². The minimum Gasteiger partial charge on any atom is -0.478 e. The van der Waals surface area contributed by atoms with Crippen molar-refractivity contribution >= 4 is 12.0 Å². The van der Waals surface area contributed by atoms with Gasteiger partial charge in [0.1, 0.15) is 0 Å². The number of alkyl halides is 2. The quantitative estimate of drug-likeness (QED) is 0.831. The number of hydrogen-bond donors (Lipinski definition) is 1. The maximum Gasteiger partial charge on any atom is 0.387 e. The van der Waals surface area contributed by atoms with Gasteiger partial charge in [0.2, 0.25) is 0 Å². The monoisotopic (exact) mass is 246 g/mol. The van der Waals surface area contributed by atoms with Gasteiger partial charge in [-0.3, -0.25) is 0 Å². The van der Waals surface area contributed by atoms with Crippen LogP contribution in [0.4, 0.5) is 13.2 Å². The highest BCUT2D eigenvalue weighted by Crippen LogP contribution is 2.27. The summed E-state index contributed by atoms with van der Waals surface area (Å²) in [5.74, 6) is -2.85. The van der Waals surface area contributed by atoms with Gasteiger partial charge in [-0.15, -0.1) is 0 Å². The first-order chi connectivity index (χ1) is 7.91. The molecule has 0 aliphatic carbocycles. The molecular weight excluding hydrogens is 237 g/mol. The molecule has 0 saturated carbocycles. The maximum absolute atomic E-state index is 13.6. The molecule has 6 heteroatoms. The van der Waals surface area contributed by atoms with Gasteiger partial charge in [0, 0.05) is 11.6 Å². The second-order valence-corrected chi connectivity index (χ2v) is 3.16. The van der Waals surface area contributed by atoms with Crippen LogP contribution in [0.15, 0.2) is 18.2 Å². The Balaban J connectivity index is 3.14. The topological polar surface area (TPSA) is 46.5 Å². The number of hydrogen-bond acceptors (Lipinski definition) is 2. The predicted octanol–water partition coefficient (Wildman–Crippen LogP) is 2.83. The number of carboxylic acids is 1. The van der Waals surface area contributed by atoms with Crippen LogP contribution in [0.5, 0.6) is 5.75 Å². The Morgan fingerprint density at radius 2 is 2.12 bits per heavy atom. The van der Waals surface area contributed by atoms with Crippen LogP contribution in [-0.2, 0) is 4.79 Å². The van der Waals surface area contributed by atoms with E-state index in [0.29, 0.717) is 6.08 Å². The summed E-state index contributed by atoms with van der Waals surface area (Å²) < 4.78 is 41.7. The van der Waals surface area contributed by atoms with Crippen LogP contribution in [0.3, 0.4) is 0 Å². The van der Waals surface area contributed by atoms with Gasteiger partial charge in [0.25, 0.3) is 0 Å². The van der Waals surface area contributed by atoms with Gasteiger partial charge in [-0.25, -0.2) is 9.18 Å². The van der Waals surface area contributed by atoms with Crippen LogP contribution in [0, 0.1) is 12.7 Å². The summed E-state index contributed by atoms with van der Waals surface area (Å²) in [5, 5.41) is 8.37. The highest BCUT2D eigenvalue weighted by molar-refractivity contribution is 5.85. The van der Waals surface area contributed by atoms with Crippen LogP contribution in [0.2, 0.25) is 0 Å². The van der Waals surface area contributed by atoms with E-state index in [2.05, 4.69) is 4.74 Å². The van der Waals surface area contributed by atoms with Crippen molar-refractivity contribution in [2.75, 3.05) is 0 Å². The van der Waals surface area contributed by atoms with E-state index in [1.165, 1.54) is 19.1 Å². The molecule has 0 atom stereocenters. The minimum atomic E-state index is -3.14. The number of benzene rings is 1. The summed E-state index contributed by atoms with van der Waals surface area (Å²) in [6.07, 6.45) is 1.68. The molecule has 0 amide bonds. The van der Waals surface area contributed by atoms with Crippen LogP contribution >= 0.6 is 0 Å². The van der Waals surface area contributed by atoms with Crippen molar-refractivity contribution in [1.29, 1.82) is 0 Å². The third-order valence-corrected chi connectivity index (χ3v) is 1.94. The van der Waals surface area contributed by atoms with E-state index < -0.39 is 24.1 Å². The zero-order chi connectivity index (χ0) is 13.0. The summed E-state index contributed by atoms with van der Waals surface area (Å²) in [5.41, 5.74) is 0.0731. The highest BCUT2D eigenvalue weighted by atomic mass is 19.3. The first-order valence-corrected chi connectivity index (χ1v) is 4.56. The molecule has 0 aliphatic heterocycles. The van der Waals surface area contributed by atoms with Crippen molar-refractivity contribution in [1.82, 2.24) is 0 Å². The summed E-state index contributed by atoms with van der Waals surface area (Å²) >= 11 is 0. The lowest BCUT2D eigenvalue weighted by molar-refractivity contribution is -0.131. The molecule has 1 N–H and O–H groups in total. The third-order valence-electron chi connectivity index (χ3n) is 1.94. The number of ether oxygens (including phenoxy) is 1. The average molecular weight is 246 g/mol. The largest absolute Gasteiger partial charge is 0.478 e. The zero-order valence-corrected chi connectivity index (χ0v) is 8.78. The zero-order valence-electron chi connectivity index (χ0n) is 8.78. The van der Waals surface area contributed by atoms with Crippen molar-refractivity contribution in [3.8, 4) is 5.75 Å². The fourth-order valence-electron chi connectivity index (χ4n) is 1.19. The second kappa shape index (κ2) is 5.38. The van der Waals surface area contributed by atoms with E-state index >= 15 is 0 Å². The summed E-state index contributed by atoms with van der Waals surface area (Å²) in [4.78, 5) is 10.3. The number of carbonyl (C=O) groups is 1. The van der Waals surface area contributed by atoms with Crippen LogP contribution in [-0.4, -0.2) is 17.7 Å². The predicted molar refractivity (Wildman–Crippen MR) is 54.4 cm³/mol. The number of aliphatic carboxylic acids is 1. The number of halogens is 3. The normalized spacial score (nSPS) is 11.1. The number of rotatable bonds is 4. The Kier molecular flexibility index (Phi) is 4.14. The Morgan fingerprint density at radius 3 is 2.65 bits per heavy atom. The Hall–Kier alpha value is -1.98. The molecule has 3 nitrogen and oxygen atoms in total. The molecule has 0 aromatic heterocycles. The molecule has 1 aromatic carbocycles. The Bertz CT molecular complexity index is 456. The molecule has 92 valence electrons. The van der Waals surface area contributed by atoms with Gasteiger partial charge >= 0.3 is 12.6 Å². The van der Waals surface area contributed by atoms with E-state index in [1.807, 2.05) is 0 Å². The standard InChI is InChI=1S/C11H9F3O3/c1-6-2-3-7(4-5-8(15)16)9(12)10(6)17-11(13)14/h2-5,11H,1H3,(H,15,16)/b5-4+. The lowest BCUT2D eigenvalue weighted by Crippen LogP contribution is -2.06. The van der Waals surface area contributed by atoms with Gasteiger partial charge < -0.3 is 9.84 Å². The van der Waals surface area contributed by atoms with E-state index in [-0.39, 0.29) is 11.1 Å². The maximum atomic E-state index is 13.6. The van der Waals surface area contributed by atoms with Crippen molar-refractivity contribution in [2.24, 2.45) is 0 Å². The Morgan fingerprint density at radius 1 is 1.47 bits per heavy atom. The first kappa shape index (κ1) is 13.1. The van der Waals surface area contributed by atoms with Crippen LogP contribution < -0.4 is 4.74 Å². The first-order valence-electron chi connectivity index (χ1n) is 4.56. The molecule has 0 spiro atoms. The number of carboxylic acid groups (broad SMARTS) is 1. The molecule has 0 heterocycles. The fourth-order valence-corrected chi connectivity index (χ4v) is 1.19. The minimum absolute atomic E-state index is 0.131. The molecule has 0 unspecified atom stereocenters. The van der Waals surface area contributed by atoms with E-state index in [0.717, 1.165) is 6.08 Å². The average Bonchev–Trinajstić information content (AvgIpc) is 2.22. The van der Waals surface area contributed by atoms with E-state index in [1.54, 1.807) is 0 Å². The fraction of sp³-hybridized carbons (Fsp3) is 0.182. The molecule has 0 saturated heterocycles. The SMILES string of the molecule is Cc1ccc(/C=C/C(=O)O)c(F)c1OC(F)F. The molecule has 1 aromatic rings. The highest BCUT2D eigenvalue weighted by Gasteiger charge is 2.15.